The number of phenols is 1. The summed E-state index contributed by atoms with van der Waals surface area (Å²) in [7, 11) is 0. The van der Waals surface area contributed by atoms with E-state index >= 15 is 0 Å². The fraction of sp³-hybridized carbons (Fsp3) is 0.500. The molecule has 1 aliphatic rings. The molecule has 1 aliphatic carbocycles. The van der Waals surface area contributed by atoms with E-state index < -0.39 is 0 Å². The Balaban J connectivity index is 2.38. The van der Waals surface area contributed by atoms with Gasteiger partial charge in [-0.05, 0) is 30.5 Å². The van der Waals surface area contributed by atoms with Crippen molar-refractivity contribution in [3.8, 4) is 5.75 Å². The van der Waals surface area contributed by atoms with Crippen LogP contribution in [-0.2, 0) is 5.41 Å². The van der Waals surface area contributed by atoms with Crippen LogP contribution >= 0.6 is 0 Å². The summed E-state index contributed by atoms with van der Waals surface area (Å²) < 4.78 is 0. The Hall–Kier alpha value is -1.22. The van der Waals surface area contributed by atoms with Crippen molar-refractivity contribution in [1.29, 1.82) is 0 Å². The summed E-state index contributed by atoms with van der Waals surface area (Å²) in [6.07, 6.45) is 4.73. The highest BCUT2D eigenvalue weighted by atomic mass is 16.3. The Morgan fingerprint density at radius 3 is 2.47 bits per heavy atom. The lowest BCUT2D eigenvalue weighted by molar-refractivity contribution is 0.449. The molecular formula is C12H18N2O. The molecule has 0 unspecified atom stereocenters. The van der Waals surface area contributed by atoms with Crippen LogP contribution in [0.15, 0.2) is 18.2 Å². The highest BCUT2D eigenvalue weighted by molar-refractivity contribution is 5.54. The molecule has 3 heteroatoms. The van der Waals surface area contributed by atoms with Crippen molar-refractivity contribution in [2.45, 2.75) is 31.1 Å². The number of rotatable bonds is 2. The molecule has 1 fully saturated rings. The Morgan fingerprint density at radius 2 is 1.93 bits per heavy atom. The number of anilines is 1. The van der Waals surface area contributed by atoms with Crippen LogP contribution in [0.5, 0.6) is 5.75 Å². The number of nitrogens with two attached hydrogens (primary N) is 2. The first kappa shape index (κ1) is 10.3. The maximum absolute atomic E-state index is 9.39. The molecule has 5 N–H and O–H groups in total. The maximum Gasteiger partial charge on any atom is 0.138 e. The minimum atomic E-state index is 0.0990. The molecule has 15 heavy (non-hydrogen) atoms. The van der Waals surface area contributed by atoms with E-state index in [0.29, 0.717) is 12.2 Å². The van der Waals surface area contributed by atoms with E-state index in [4.69, 9.17) is 11.5 Å². The predicted octanol–water partition coefficient (Wildman–Crippen LogP) is 1.74. The molecular weight excluding hydrogens is 188 g/mol. The van der Waals surface area contributed by atoms with Crippen LogP contribution < -0.4 is 11.5 Å². The summed E-state index contributed by atoms with van der Waals surface area (Å²) >= 11 is 0. The smallest absolute Gasteiger partial charge is 0.138 e. The van der Waals surface area contributed by atoms with E-state index in [1.54, 1.807) is 6.07 Å². The molecule has 0 heterocycles. The Morgan fingerprint density at radius 1 is 1.27 bits per heavy atom. The monoisotopic (exact) mass is 206 g/mol. The molecule has 1 aromatic rings. The third kappa shape index (κ3) is 1.67. The highest BCUT2D eigenvalue weighted by Crippen LogP contribution is 2.41. The third-order valence-corrected chi connectivity index (χ3v) is 3.59. The summed E-state index contributed by atoms with van der Waals surface area (Å²) in [6.45, 7) is 0.664. The topological polar surface area (TPSA) is 72.3 Å². The molecule has 2 rings (SSSR count). The van der Waals surface area contributed by atoms with Crippen molar-refractivity contribution in [2.24, 2.45) is 5.73 Å². The SMILES string of the molecule is NCC1(c2ccc(O)c(N)c2)CCCC1. The summed E-state index contributed by atoms with van der Waals surface area (Å²) in [4.78, 5) is 0. The zero-order valence-corrected chi connectivity index (χ0v) is 8.87. The van der Waals surface area contributed by atoms with Crippen molar-refractivity contribution in [1.82, 2.24) is 0 Å². The lowest BCUT2D eigenvalue weighted by Gasteiger charge is -2.28. The van der Waals surface area contributed by atoms with Gasteiger partial charge >= 0.3 is 0 Å². The number of hydrogen-bond acceptors (Lipinski definition) is 3. The van der Waals surface area contributed by atoms with Crippen molar-refractivity contribution in [3.63, 3.8) is 0 Å². The number of hydrogen-bond donors (Lipinski definition) is 3. The Kier molecular flexibility index (Phi) is 2.57. The molecule has 82 valence electrons. The van der Waals surface area contributed by atoms with Crippen molar-refractivity contribution in [3.05, 3.63) is 23.8 Å². The van der Waals surface area contributed by atoms with Gasteiger partial charge in [0.1, 0.15) is 5.75 Å². The van der Waals surface area contributed by atoms with Gasteiger partial charge in [0, 0.05) is 12.0 Å². The van der Waals surface area contributed by atoms with Gasteiger partial charge in [-0.1, -0.05) is 18.9 Å². The minimum Gasteiger partial charge on any atom is -0.506 e. The molecule has 0 bridgehead atoms. The van der Waals surface area contributed by atoms with Crippen LogP contribution in [0.4, 0.5) is 5.69 Å². The van der Waals surface area contributed by atoms with E-state index in [9.17, 15) is 5.11 Å². The molecule has 0 spiro atoms. The first-order valence-corrected chi connectivity index (χ1v) is 5.47. The van der Waals surface area contributed by atoms with Gasteiger partial charge in [0.05, 0.1) is 5.69 Å². The van der Waals surface area contributed by atoms with E-state index in [1.165, 1.54) is 18.4 Å². The quantitative estimate of drug-likeness (QED) is 0.510. The molecule has 3 nitrogen and oxygen atoms in total. The lowest BCUT2D eigenvalue weighted by Crippen LogP contribution is -2.31. The van der Waals surface area contributed by atoms with Gasteiger partial charge in [-0.15, -0.1) is 0 Å². The van der Waals surface area contributed by atoms with E-state index in [-0.39, 0.29) is 11.2 Å². The average molecular weight is 206 g/mol. The molecule has 1 saturated carbocycles. The highest BCUT2D eigenvalue weighted by Gasteiger charge is 2.34. The van der Waals surface area contributed by atoms with Crippen molar-refractivity contribution in [2.75, 3.05) is 12.3 Å². The van der Waals surface area contributed by atoms with Gasteiger partial charge in [0.25, 0.3) is 0 Å². The van der Waals surface area contributed by atoms with Crippen molar-refractivity contribution < 1.29 is 5.11 Å². The molecule has 0 radical (unpaired) electrons. The largest absolute Gasteiger partial charge is 0.506 e. The van der Waals surface area contributed by atoms with Gasteiger partial charge in [-0.25, -0.2) is 0 Å². The molecule has 0 aliphatic heterocycles. The Labute approximate surface area is 90.1 Å². The van der Waals surface area contributed by atoms with E-state index in [1.807, 2.05) is 12.1 Å². The molecule has 1 aromatic carbocycles. The third-order valence-electron chi connectivity index (χ3n) is 3.59. The fourth-order valence-corrected chi connectivity index (χ4v) is 2.55. The predicted molar refractivity (Wildman–Crippen MR) is 61.7 cm³/mol. The van der Waals surface area contributed by atoms with E-state index in [2.05, 4.69) is 0 Å². The van der Waals surface area contributed by atoms with Crippen molar-refractivity contribution >= 4 is 5.69 Å². The lowest BCUT2D eigenvalue weighted by atomic mass is 9.79. The van der Waals surface area contributed by atoms with Crippen LogP contribution in [0, 0.1) is 0 Å². The average Bonchev–Trinajstić information content (AvgIpc) is 2.72. The van der Waals surface area contributed by atoms with Gasteiger partial charge < -0.3 is 16.6 Å². The second-order valence-corrected chi connectivity index (χ2v) is 4.47. The maximum atomic E-state index is 9.39. The summed E-state index contributed by atoms with van der Waals surface area (Å²) in [6, 6.07) is 5.48. The van der Waals surface area contributed by atoms with Crippen LogP contribution in [0.3, 0.4) is 0 Å². The molecule has 0 saturated heterocycles. The zero-order chi connectivity index (χ0) is 10.9. The number of benzene rings is 1. The first-order chi connectivity index (χ1) is 7.18. The molecule has 0 aromatic heterocycles. The summed E-state index contributed by atoms with van der Waals surface area (Å²) in [5.41, 5.74) is 13.3. The van der Waals surface area contributed by atoms with Gasteiger partial charge in [-0.3, -0.25) is 0 Å². The summed E-state index contributed by atoms with van der Waals surface area (Å²) in [5.74, 6) is 0.156. The minimum absolute atomic E-state index is 0.0990. The first-order valence-electron chi connectivity index (χ1n) is 5.47. The van der Waals surface area contributed by atoms with Crippen LogP contribution in [0.1, 0.15) is 31.2 Å². The van der Waals surface area contributed by atoms with Gasteiger partial charge in [-0.2, -0.15) is 0 Å². The van der Waals surface area contributed by atoms with Crippen LogP contribution in [0.2, 0.25) is 0 Å². The zero-order valence-electron chi connectivity index (χ0n) is 8.87. The second kappa shape index (κ2) is 3.74. The van der Waals surface area contributed by atoms with Crippen LogP contribution in [0.25, 0.3) is 0 Å². The normalized spacial score (nSPS) is 19.3. The molecule has 0 atom stereocenters. The van der Waals surface area contributed by atoms with Gasteiger partial charge in [0.2, 0.25) is 0 Å². The Bertz CT molecular complexity index is 357. The number of nitrogen functional groups attached to an aromatic ring is 1. The van der Waals surface area contributed by atoms with Gasteiger partial charge in [0.15, 0.2) is 0 Å². The number of phenolic OH excluding ortho intramolecular Hbond substituents is 1. The standard InChI is InChI=1S/C12H18N2O/c13-8-12(5-1-2-6-12)9-3-4-11(15)10(14)7-9/h3-4,7,15H,1-2,5-6,8,13-14H2. The van der Waals surface area contributed by atoms with Crippen LogP contribution in [-0.4, -0.2) is 11.7 Å². The molecule has 0 amide bonds. The second-order valence-electron chi connectivity index (χ2n) is 4.47. The summed E-state index contributed by atoms with van der Waals surface area (Å²) in [5, 5.41) is 9.39. The number of aromatic hydroxyl groups is 1. The fourth-order valence-electron chi connectivity index (χ4n) is 2.55. The van der Waals surface area contributed by atoms with E-state index in [0.717, 1.165) is 12.8 Å².